The standard InChI is InChI=1S/C57H73N11O5/c1-36(2)67-35-60-47-28-46(62-52(51(47)67)61-42-10-11-42)39-7-12-45-48(25-39)68(44-26-43(27-44)63-19-5-4-6-20-63)55(73)57(45)17-23-65(24-18-57)54(72)56-29-37(30-56)32-66(34-56)53(71)38-15-21-64(22-16-38)49-13-8-40(31-59-49)41(33-69)9-14-50(70)58-3/h7-8,12-13,25,28,31,33,35-38,41-44H,4-6,9-11,14-24,26-27,29-30,32,34H2,1-3H3,(H,58,70)(H,61,62). The fourth-order valence-corrected chi connectivity index (χ4v) is 14.1. The Bertz CT molecular complexity index is 2770. The van der Waals surface area contributed by atoms with Gasteiger partial charge in [-0.3, -0.25) is 19.2 Å². The molecular formula is C57H73N11O5. The van der Waals surface area contributed by atoms with Crippen LogP contribution in [0, 0.1) is 17.3 Å². The predicted molar refractivity (Wildman–Crippen MR) is 280 cm³/mol. The third-order valence-electron chi connectivity index (χ3n) is 18.6. The second-order valence-electron chi connectivity index (χ2n) is 23.5. The number of amides is 4. The Morgan fingerprint density at radius 3 is 2.33 bits per heavy atom. The third-order valence-corrected chi connectivity index (χ3v) is 18.6. The lowest BCUT2D eigenvalue weighted by Gasteiger charge is -2.57. The van der Waals surface area contributed by atoms with Crippen LogP contribution in [0.15, 0.2) is 48.9 Å². The highest BCUT2D eigenvalue weighted by Gasteiger charge is 2.60. The van der Waals surface area contributed by atoms with Crippen LogP contribution in [-0.2, 0) is 29.4 Å². The lowest BCUT2D eigenvalue weighted by Crippen LogP contribution is -2.65. The zero-order valence-electron chi connectivity index (χ0n) is 43.1. The number of rotatable bonds is 14. The molecule has 386 valence electrons. The minimum atomic E-state index is -0.695. The zero-order chi connectivity index (χ0) is 50.2. The lowest BCUT2D eigenvalue weighted by atomic mass is 9.57. The first kappa shape index (κ1) is 48.1. The largest absolute Gasteiger partial charge is 0.366 e. The Morgan fingerprint density at radius 2 is 1.64 bits per heavy atom. The molecule has 4 amide bonds. The summed E-state index contributed by atoms with van der Waals surface area (Å²) >= 11 is 0. The normalized spacial score (nSPS) is 26.4. The van der Waals surface area contributed by atoms with Crippen LogP contribution in [0.4, 0.5) is 17.3 Å². The van der Waals surface area contributed by atoms with Crippen LogP contribution in [0.25, 0.3) is 22.3 Å². The first-order chi connectivity index (χ1) is 35.4. The van der Waals surface area contributed by atoms with Crippen molar-refractivity contribution < 1.29 is 24.0 Å². The molecule has 3 saturated carbocycles. The number of anilines is 3. The van der Waals surface area contributed by atoms with Gasteiger partial charge in [0.2, 0.25) is 23.6 Å². The SMILES string of the molecule is CNC(=O)CCC(C=O)c1ccc(N2CCC(C(=O)N3CC4CC(C(=O)N5CCC6(CC5)C(=O)N(C5CC(N7CCCCC7)C5)c5cc(-c7cc8ncn(C(C)C)c8c(NC8CC8)n7)ccc56)(C4)C3)CC2)nc1. The van der Waals surface area contributed by atoms with E-state index in [9.17, 15) is 19.2 Å². The number of nitrogens with one attached hydrogen (secondary N) is 2. The monoisotopic (exact) mass is 992 g/mol. The average molecular weight is 992 g/mol. The van der Waals surface area contributed by atoms with Crippen LogP contribution in [0.3, 0.4) is 0 Å². The van der Waals surface area contributed by atoms with Crippen molar-refractivity contribution in [3.05, 3.63) is 60.0 Å². The van der Waals surface area contributed by atoms with E-state index in [1.165, 1.54) is 19.3 Å². The number of fused-ring (bicyclic) bond motifs is 5. The molecule has 1 spiro atoms. The van der Waals surface area contributed by atoms with Crippen molar-refractivity contribution in [1.29, 1.82) is 0 Å². The van der Waals surface area contributed by atoms with Crippen molar-refractivity contribution in [1.82, 2.24) is 39.5 Å². The summed E-state index contributed by atoms with van der Waals surface area (Å²) in [5.41, 5.74) is 5.42. The van der Waals surface area contributed by atoms with Crippen molar-refractivity contribution in [2.45, 2.75) is 146 Å². The van der Waals surface area contributed by atoms with E-state index in [-0.39, 0.29) is 54.0 Å². The maximum absolute atomic E-state index is 15.3. The molecule has 9 heterocycles. The lowest BCUT2D eigenvalue weighted by molar-refractivity contribution is -0.169. The molecule has 16 nitrogen and oxygen atoms in total. The van der Waals surface area contributed by atoms with Crippen LogP contribution in [-0.4, -0.2) is 142 Å². The number of carbonyl (C=O) groups is 5. The number of pyridine rings is 2. The predicted octanol–water partition coefficient (Wildman–Crippen LogP) is 6.84. The summed E-state index contributed by atoms with van der Waals surface area (Å²) in [6.45, 7) is 10.3. The molecule has 1 atom stereocenters. The molecule has 3 aromatic heterocycles. The van der Waals surface area contributed by atoms with Crippen LogP contribution >= 0.6 is 0 Å². The number of carbonyl (C=O) groups excluding carboxylic acids is 5. The first-order valence-electron chi connectivity index (χ1n) is 27.8. The van der Waals surface area contributed by atoms with Gasteiger partial charge in [0.15, 0.2) is 5.82 Å². The molecule has 0 radical (unpaired) electrons. The molecule has 13 rings (SSSR count). The second kappa shape index (κ2) is 19.1. The van der Waals surface area contributed by atoms with E-state index in [1.54, 1.807) is 13.2 Å². The van der Waals surface area contributed by atoms with Gasteiger partial charge in [0.25, 0.3) is 0 Å². The third kappa shape index (κ3) is 8.66. The van der Waals surface area contributed by atoms with E-state index < -0.39 is 10.8 Å². The number of hydrogen-bond donors (Lipinski definition) is 2. The highest BCUT2D eigenvalue weighted by Crippen LogP contribution is 2.55. The van der Waals surface area contributed by atoms with Gasteiger partial charge in [-0.05, 0) is 146 Å². The van der Waals surface area contributed by atoms with Gasteiger partial charge in [-0.2, -0.15) is 0 Å². The maximum Gasteiger partial charge on any atom is 0.238 e. The first-order valence-corrected chi connectivity index (χ1v) is 27.8. The van der Waals surface area contributed by atoms with Crippen LogP contribution < -0.4 is 20.4 Å². The van der Waals surface area contributed by atoms with Crippen LogP contribution in [0.1, 0.15) is 133 Å². The van der Waals surface area contributed by atoms with E-state index >= 15 is 4.79 Å². The van der Waals surface area contributed by atoms with Crippen molar-refractivity contribution in [2.24, 2.45) is 17.3 Å². The van der Waals surface area contributed by atoms with E-state index in [0.717, 1.165) is 109 Å². The number of likely N-dealkylation sites (tertiary alicyclic amines) is 2. The van der Waals surface area contributed by atoms with Gasteiger partial charge in [0.05, 0.1) is 28.4 Å². The smallest absolute Gasteiger partial charge is 0.238 e. The molecular weight excluding hydrogens is 919 g/mol. The molecule has 9 aliphatic rings. The van der Waals surface area contributed by atoms with Crippen LogP contribution in [0.2, 0.25) is 0 Å². The number of aromatic nitrogens is 4. The second-order valence-corrected chi connectivity index (χ2v) is 23.5. The van der Waals surface area contributed by atoms with Crippen molar-refractivity contribution in [3.63, 3.8) is 0 Å². The summed E-state index contributed by atoms with van der Waals surface area (Å²) in [6.07, 6.45) is 17.5. The summed E-state index contributed by atoms with van der Waals surface area (Å²) < 4.78 is 2.20. The Kier molecular flexibility index (Phi) is 12.6. The molecule has 6 aliphatic heterocycles. The van der Waals surface area contributed by atoms with Gasteiger partial charge < -0.3 is 44.5 Å². The van der Waals surface area contributed by atoms with Crippen molar-refractivity contribution in [2.75, 3.05) is 74.5 Å². The van der Waals surface area contributed by atoms with Gasteiger partial charge >= 0.3 is 0 Å². The summed E-state index contributed by atoms with van der Waals surface area (Å²) in [6, 6.07) is 13.9. The molecule has 1 unspecified atom stereocenters. The molecule has 5 saturated heterocycles. The Balaban J connectivity index is 0.725. The van der Waals surface area contributed by atoms with Crippen molar-refractivity contribution >= 4 is 58.3 Å². The molecule has 73 heavy (non-hydrogen) atoms. The van der Waals surface area contributed by atoms with Gasteiger partial charge in [0, 0.05) is 106 Å². The highest BCUT2D eigenvalue weighted by atomic mass is 16.2. The Labute approximate surface area is 429 Å². The number of aldehydes is 1. The van der Waals surface area contributed by atoms with Gasteiger partial charge in [0.1, 0.15) is 17.6 Å². The van der Waals surface area contributed by atoms with Gasteiger partial charge in [-0.1, -0.05) is 24.6 Å². The fourth-order valence-electron chi connectivity index (χ4n) is 14.1. The number of imidazole rings is 1. The fraction of sp³-hybridized carbons (Fsp3) is 0.614. The summed E-state index contributed by atoms with van der Waals surface area (Å²) in [7, 11) is 1.59. The molecule has 2 N–H and O–H groups in total. The van der Waals surface area contributed by atoms with E-state index in [0.29, 0.717) is 89.4 Å². The molecule has 8 fully saturated rings. The van der Waals surface area contributed by atoms with Gasteiger partial charge in [-0.25, -0.2) is 15.0 Å². The summed E-state index contributed by atoms with van der Waals surface area (Å²) in [5, 5.41) is 6.32. The summed E-state index contributed by atoms with van der Waals surface area (Å²) in [5.74, 6) is 1.94. The number of nitrogens with zero attached hydrogens (tertiary/aromatic N) is 9. The topological polar surface area (TPSA) is 169 Å². The Hall–Kier alpha value is -5.90. The number of benzene rings is 1. The minimum absolute atomic E-state index is 0.0944. The van der Waals surface area contributed by atoms with E-state index in [1.807, 2.05) is 28.3 Å². The number of piperidine rings is 5. The number of hydrogen-bond acceptors (Lipinski definition) is 11. The highest BCUT2D eigenvalue weighted by molar-refractivity contribution is 6.09. The molecule has 3 aliphatic carbocycles. The minimum Gasteiger partial charge on any atom is -0.366 e. The van der Waals surface area contributed by atoms with Crippen LogP contribution in [0.5, 0.6) is 0 Å². The summed E-state index contributed by atoms with van der Waals surface area (Å²) in [4.78, 5) is 93.9. The molecule has 4 aromatic rings. The molecule has 1 aromatic carbocycles. The molecule has 2 bridgehead atoms. The van der Waals surface area contributed by atoms with Gasteiger partial charge in [-0.15, -0.1) is 0 Å². The average Bonchev–Trinajstić information content (AvgIpc) is 4.07. The quantitative estimate of drug-likeness (QED) is 0.127. The van der Waals surface area contributed by atoms with Crippen molar-refractivity contribution in [3.8, 4) is 11.3 Å². The van der Waals surface area contributed by atoms with E-state index in [2.05, 4.69) is 73.0 Å². The zero-order valence-corrected chi connectivity index (χ0v) is 43.1. The molecule has 16 heteroatoms. The Morgan fingerprint density at radius 1 is 0.877 bits per heavy atom. The van der Waals surface area contributed by atoms with E-state index in [4.69, 9.17) is 9.97 Å². The maximum atomic E-state index is 15.3.